The fraction of sp³-hybridized carbons (Fsp3) is 0.714. The Balaban J connectivity index is 4.53. The Kier molecular flexibility index (Phi) is 4.59. The number of hydrogen-bond donors (Lipinski definition) is 6. The Morgan fingerprint density at radius 3 is 2.00 bits per heavy atom. The van der Waals surface area contributed by atoms with Crippen molar-refractivity contribution in [1.82, 2.24) is 0 Å². The monoisotopic (exact) mass is 225 g/mol. The van der Waals surface area contributed by atoms with Crippen molar-refractivity contribution >= 4 is 12.3 Å². The van der Waals surface area contributed by atoms with E-state index in [4.69, 9.17) is 27.0 Å². The highest BCUT2D eigenvalue weighted by Crippen LogP contribution is 2.07. The van der Waals surface area contributed by atoms with E-state index < -0.39 is 36.5 Å². The quantitative estimate of drug-likeness (QED) is 0.250. The molecule has 0 radical (unpaired) electrons. The maximum absolute atomic E-state index is 10.6. The predicted molar refractivity (Wildman–Crippen MR) is 43.7 cm³/mol. The molecule has 0 spiro atoms. The maximum atomic E-state index is 10.6. The number of carbonyl (C=O) groups excluding carboxylic acids is 1. The average molecular weight is 225 g/mol. The summed E-state index contributed by atoms with van der Waals surface area (Å²) in [6, 6.07) is 0. The summed E-state index contributed by atoms with van der Waals surface area (Å²) in [5, 5.41) is 48.4. The molecule has 0 aromatic carbocycles. The minimum absolute atomic E-state index is 0.101. The zero-order valence-electron chi connectivity index (χ0n) is 8.42. The van der Waals surface area contributed by atoms with E-state index in [1.54, 1.807) is 0 Å². The molecule has 1 unspecified atom stereocenters. The Morgan fingerprint density at radius 2 is 1.60 bits per heavy atom. The van der Waals surface area contributed by atoms with Crippen molar-refractivity contribution in [2.75, 3.05) is 0 Å². The number of aliphatic hydroxyl groups is 5. The van der Waals surface area contributed by atoms with Gasteiger partial charge in [0.1, 0.15) is 24.4 Å². The van der Waals surface area contributed by atoms with Crippen LogP contribution in [0.1, 0.15) is 0 Å². The Labute approximate surface area is 85.5 Å². The summed E-state index contributed by atoms with van der Waals surface area (Å²) in [6.45, 7) is 0. The van der Waals surface area contributed by atoms with Crippen LogP contribution in [-0.4, -0.2) is 73.4 Å². The first kappa shape index (κ1) is 12.0. The third kappa shape index (κ3) is 3.53. The summed E-state index contributed by atoms with van der Waals surface area (Å²) in [5.41, 5.74) is 0. The number of carboxylic acid groups (broad SMARTS) is 1. The van der Waals surface area contributed by atoms with Crippen LogP contribution in [0, 0.1) is 0 Å². The van der Waals surface area contributed by atoms with Gasteiger partial charge in [0.2, 0.25) is 0 Å². The van der Waals surface area contributed by atoms with Crippen molar-refractivity contribution in [2.45, 2.75) is 30.5 Å². The highest BCUT2D eigenvalue weighted by atomic mass is 16.4. The van der Waals surface area contributed by atoms with Gasteiger partial charge in [0.15, 0.2) is 12.4 Å². The molecule has 0 aliphatic carbocycles. The lowest BCUT2D eigenvalue weighted by atomic mass is 10.00. The molecule has 5 atom stereocenters. The van der Waals surface area contributed by atoms with Gasteiger partial charge in [-0.2, -0.15) is 0 Å². The number of hydrogen-bond acceptors (Lipinski definition) is 8. The van der Waals surface area contributed by atoms with Crippen LogP contribution in [0.4, 0.5) is 0 Å². The van der Waals surface area contributed by atoms with Crippen molar-refractivity contribution in [3.05, 3.63) is 0 Å². The van der Waals surface area contributed by atoms with Crippen molar-refractivity contribution in [3.8, 4) is 0 Å². The zero-order chi connectivity index (χ0) is 12.9. The fourth-order valence-electron chi connectivity index (χ4n) is 0.811. The molecule has 0 fully saturated rings. The van der Waals surface area contributed by atoms with Crippen LogP contribution in [0.15, 0.2) is 0 Å². The molecular weight excluding hydrogens is 212 g/mol. The summed E-state index contributed by atoms with van der Waals surface area (Å²) in [5.74, 6) is -1.56. The van der Waals surface area contributed by atoms with Crippen LogP contribution in [0.5, 0.6) is 0 Å². The molecule has 0 bridgehead atoms. The van der Waals surface area contributed by atoms with Gasteiger partial charge in [-0.3, -0.25) is 0 Å². The molecule has 0 aromatic heterocycles. The minimum atomic E-state index is -2.28. The van der Waals surface area contributed by atoms with Crippen LogP contribution < -0.4 is 0 Å². The largest absolute Gasteiger partial charge is 0.479 e. The summed E-state index contributed by atoms with van der Waals surface area (Å²) < 4.78 is 6.13. The second-order valence-corrected chi connectivity index (χ2v) is 2.86. The molecule has 6 N–H and O–H groups in total. The van der Waals surface area contributed by atoms with Gasteiger partial charge < -0.3 is 35.4 Å². The molecule has 88 valence electrons. The van der Waals surface area contributed by atoms with Gasteiger partial charge in [-0.05, 0) is 0 Å². The van der Waals surface area contributed by atoms with E-state index in [0.29, 0.717) is 0 Å². The van der Waals surface area contributed by atoms with Gasteiger partial charge in [0, 0.05) is 0 Å². The van der Waals surface area contributed by atoms with Crippen molar-refractivity contribution < 1.29 is 40.2 Å². The number of aldehydes is 1. The van der Waals surface area contributed by atoms with Crippen LogP contribution in [-0.2, 0) is 9.59 Å². The van der Waals surface area contributed by atoms with Crippen molar-refractivity contribution in [2.24, 2.45) is 0 Å². The molecule has 0 saturated carbocycles. The third-order valence-electron chi connectivity index (χ3n) is 1.75. The fourth-order valence-corrected chi connectivity index (χ4v) is 0.811. The van der Waals surface area contributed by atoms with Crippen LogP contribution >= 0.6 is 0 Å². The molecule has 0 rings (SSSR count). The average Bonchev–Trinajstić information content (AvgIpc) is 2.32. The first-order valence-corrected chi connectivity index (χ1v) is 3.89. The zero-order valence-corrected chi connectivity index (χ0v) is 7.42. The Hall–Kier alpha value is -1.06. The second-order valence-electron chi connectivity index (χ2n) is 2.86. The molecule has 8 heteroatoms. The van der Waals surface area contributed by atoms with E-state index in [2.05, 4.69) is 5.11 Å². The van der Waals surface area contributed by atoms with Gasteiger partial charge >= 0.3 is 5.97 Å². The van der Waals surface area contributed by atoms with Gasteiger partial charge in [-0.25, -0.2) is 4.79 Å². The lowest BCUT2D eigenvalue weighted by molar-refractivity contribution is -0.168. The van der Waals surface area contributed by atoms with Crippen molar-refractivity contribution in [1.29, 1.82) is 1.43 Å². The normalized spacial score (nSPS) is 21.8. The van der Waals surface area contributed by atoms with Crippen LogP contribution in [0.2, 0.25) is 0 Å². The lowest BCUT2D eigenvalue weighted by Gasteiger charge is -2.25. The minimum Gasteiger partial charge on any atom is -0.479 e. The number of aliphatic hydroxyl groups excluding tert-OH is 5. The standard InChI is InChI=1S/C7H12O8/c8-1-2(9)3(10)4(11)5(12)6(13)7(14)15/h1-6,9-13H,(H,14,15)/t2-,3+,4+,5-,6?/m0/s1/i/hD. The third-order valence-corrected chi connectivity index (χ3v) is 1.75. The first-order chi connectivity index (χ1) is 7.36. The number of rotatable bonds is 6. The Morgan fingerprint density at radius 1 is 1.07 bits per heavy atom. The molecular formula is C7H12O8. The van der Waals surface area contributed by atoms with Gasteiger partial charge in [-0.1, -0.05) is 0 Å². The molecule has 0 aromatic rings. The Bertz CT molecular complexity index is 247. The number of carboxylic acids is 1. The summed E-state index contributed by atoms with van der Waals surface area (Å²) in [4.78, 5) is 20.6. The highest BCUT2D eigenvalue weighted by Gasteiger charge is 2.37. The van der Waals surface area contributed by atoms with Crippen molar-refractivity contribution in [3.63, 3.8) is 0 Å². The molecule has 8 nitrogen and oxygen atoms in total. The molecule has 0 aliphatic rings. The van der Waals surface area contributed by atoms with E-state index in [0.717, 1.165) is 0 Å². The van der Waals surface area contributed by atoms with Crippen LogP contribution in [0.25, 0.3) is 1.43 Å². The van der Waals surface area contributed by atoms with E-state index in [-0.39, 0.29) is 6.29 Å². The van der Waals surface area contributed by atoms with Gasteiger partial charge in [0.25, 0.3) is 1.43 Å². The molecule has 15 heavy (non-hydrogen) atoms. The van der Waals surface area contributed by atoms with E-state index >= 15 is 0 Å². The van der Waals surface area contributed by atoms with E-state index in [1.807, 2.05) is 0 Å². The first-order valence-electron chi connectivity index (χ1n) is 4.30. The second kappa shape index (κ2) is 5.73. The predicted octanol–water partition coefficient (Wildman–Crippen LogP) is -3.93. The molecule has 0 aliphatic heterocycles. The molecule has 0 saturated heterocycles. The molecule has 0 amide bonds. The number of aliphatic carboxylic acids is 1. The van der Waals surface area contributed by atoms with Gasteiger partial charge in [-0.15, -0.1) is 0 Å². The summed E-state index contributed by atoms with van der Waals surface area (Å²) in [7, 11) is 0. The SMILES string of the molecule is [2H]OC(=O)C(O)[C@@H](O)[C@H](O)[C@H](O)[C@@H](O)C=O. The topological polar surface area (TPSA) is 156 Å². The number of carbonyl (C=O) groups is 2. The van der Waals surface area contributed by atoms with Gasteiger partial charge in [0.05, 0.1) is 0 Å². The van der Waals surface area contributed by atoms with E-state index in [9.17, 15) is 9.59 Å². The lowest BCUT2D eigenvalue weighted by Crippen LogP contribution is -2.51. The summed E-state index contributed by atoms with van der Waals surface area (Å²) in [6.07, 6.45) is -10.8. The maximum Gasteiger partial charge on any atom is 0.335 e. The highest BCUT2D eigenvalue weighted by molar-refractivity contribution is 5.72. The van der Waals surface area contributed by atoms with Crippen LogP contribution in [0.3, 0.4) is 0 Å². The smallest absolute Gasteiger partial charge is 0.335 e. The summed E-state index contributed by atoms with van der Waals surface area (Å²) >= 11 is 0. The van der Waals surface area contributed by atoms with E-state index in [1.165, 1.54) is 0 Å². The molecule has 0 heterocycles.